The first-order valence-corrected chi connectivity index (χ1v) is 7.84. The first-order valence-electron chi connectivity index (χ1n) is 7.47. The number of piperazine rings is 1. The summed E-state index contributed by atoms with van der Waals surface area (Å²) in [6, 6.07) is 11.0. The van der Waals surface area contributed by atoms with Crippen molar-refractivity contribution in [3.8, 4) is 5.75 Å². The Labute approximate surface area is 164 Å². The van der Waals surface area contributed by atoms with Crippen molar-refractivity contribution in [1.29, 1.82) is 0 Å². The molecular weight excluding hydrogens is 385 g/mol. The van der Waals surface area contributed by atoms with Crippen LogP contribution in [-0.4, -0.2) is 42.5 Å². The van der Waals surface area contributed by atoms with Crippen LogP contribution in [0.25, 0.3) is 0 Å². The molecule has 1 aliphatic rings. The highest BCUT2D eigenvalue weighted by Gasteiger charge is 2.30. The van der Waals surface area contributed by atoms with Gasteiger partial charge < -0.3 is 15.0 Å². The minimum absolute atomic E-state index is 0. The third-order valence-electron chi connectivity index (χ3n) is 3.95. The normalized spacial score (nSPS) is 16.4. The Morgan fingerprint density at radius 1 is 1.28 bits per heavy atom. The number of methoxy groups -OCH3 is 1. The van der Waals surface area contributed by atoms with Crippen LogP contribution in [0.4, 0.5) is 0 Å². The number of hydrogen-bond donors (Lipinski definition) is 1. The molecule has 1 aromatic carbocycles. The first-order chi connectivity index (χ1) is 11.2. The Morgan fingerprint density at radius 3 is 2.72 bits per heavy atom. The number of pyridine rings is 1. The van der Waals surface area contributed by atoms with Crippen LogP contribution in [0.15, 0.2) is 42.6 Å². The number of halogens is 3. The van der Waals surface area contributed by atoms with Crippen molar-refractivity contribution < 1.29 is 9.53 Å². The molecule has 1 aliphatic heterocycles. The zero-order chi connectivity index (χ0) is 16.2. The van der Waals surface area contributed by atoms with E-state index >= 15 is 0 Å². The van der Waals surface area contributed by atoms with E-state index in [1.54, 1.807) is 19.2 Å². The molecule has 2 heterocycles. The monoisotopic (exact) mass is 403 g/mol. The average Bonchev–Trinajstić information content (AvgIpc) is 2.62. The summed E-state index contributed by atoms with van der Waals surface area (Å²) in [5.41, 5.74) is 1.39. The van der Waals surface area contributed by atoms with E-state index in [9.17, 15) is 4.79 Å². The zero-order valence-corrected chi connectivity index (χ0v) is 16.0. The molecule has 1 saturated heterocycles. The molecule has 1 amide bonds. The molecule has 3 rings (SSSR count). The maximum atomic E-state index is 12.8. The lowest BCUT2D eigenvalue weighted by Crippen LogP contribution is -2.49. The molecule has 136 valence electrons. The number of amides is 1. The number of carbonyl (C=O) groups excluding carboxylic acids is 1. The number of para-hydroxylation sites is 1. The van der Waals surface area contributed by atoms with E-state index in [0.717, 1.165) is 17.9 Å². The van der Waals surface area contributed by atoms with Crippen molar-refractivity contribution in [3.05, 3.63) is 58.9 Å². The van der Waals surface area contributed by atoms with Crippen LogP contribution in [0, 0.1) is 0 Å². The lowest BCUT2D eigenvalue weighted by molar-refractivity contribution is 0.0625. The molecule has 0 aliphatic carbocycles. The van der Waals surface area contributed by atoms with E-state index < -0.39 is 0 Å². The summed E-state index contributed by atoms with van der Waals surface area (Å²) >= 11 is 5.85. The Bertz CT molecular complexity index is 698. The molecule has 2 aromatic rings. The molecular formula is C17H20Cl3N3O2. The summed E-state index contributed by atoms with van der Waals surface area (Å²) in [5.74, 6) is 0.683. The summed E-state index contributed by atoms with van der Waals surface area (Å²) in [5, 5.41) is 3.86. The summed E-state index contributed by atoms with van der Waals surface area (Å²) in [4.78, 5) is 18.8. The Kier molecular flexibility index (Phi) is 8.45. The Balaban J connectivity index is 0.00000156. The fraction of sp³-hybridized carbons (Fsp3) is 0.294. The lowest BCUT2D eigenvalue weighted by atomic mass is 10.0. The number of aromatic nitrogens is 1. The van der Waals surface area contributed by atoms with Crippen LogP contribution < -0.4 is 10.1 Å². The number of carbonyl (C=O) groups is 1. The van der Waals surface area contributed by atoms with Crippen molar-refractivity contribution in [2.75, 3.05) is 26.7 Å². The molecule has 1 aromatic heterocycles. The Morgan fingerprint density at radius 2 is 2.04 bits per heavy atom. The summed E-state index contributed by atoms with van der Waals surface area (Å²) in [6.07, 6.45) is 1.50. The molecule has 0 saturated carbocycles. The molecule has 1 atom stereocenters. The van der Waals surface area contributed by atoms with E-state index in [1.807, 2.05) is 29.2 Å². The molecule has 5 nitrogen and oxygen atoms in total. The van der Waals surface area contributed by atoms with Gasteiger partial charge in [0.2, 0.25) is 0 Å². The quantitative estimate of drug-likeness (QED) is 0.852. The number of nitrogens with zero attached hydrogens (tertiary/aromatic N) is 2. The van der Waals surface area contributed by atoms with Gasteiger partial charge in [0, 0.05) is 31.4 Å². The van der Waals surface area contributed by atoms with Crippen molar-refractivity contribution in [1.82, 2.24) is 15.2 Å². The largest absolute Gasteiger partial charge is 0.496 e. The minimum atomic E-state index is -0.0981. The number of ether oxygens (including phenoxy) is 1. The number of rotatable bonds is 3. The Hall–Kier alpha value is -1.53. The van der Waals surface area contributed by atoms with Gasteiger partial charge >= 0.3 is 0 Å². The smallest absolute Gasteiger partial charge is 0.273 e. The number of nitrogens with one attached hydrogen (secondary N) is 1. The molecule has 1 fully saturated rings. The predicted octanol–water partition coefficient (Wildman–Crippen LogP) is 3.37. The van der Waals surface area contributed by atoms with Crippen LogP contribution in [-0.2, 0) is 0 Å². The van der Waals surface area contributed by atoms with Gasteiger partial charge in [0.1, 0.15) is 11.4 Å². The predicted molar refractivity (Wildman–Crippen MR) is 103 cm³/mol. The standard InChI is InChI=1S/C17H18ClN3O2.2ClH/c1-23-16-5-3-2-4-13(16)15-11-19-8-9-21(15)17(22)14-7-6-12(18)10-20-14;;/h2-7,10,15,19H,8-9,11H2,1H3;2*1H. The van der Waals surface area contributed by atoms with Crippen LogP contribution in [0.2, 0.25) is 5.02 Å². The zero-order valence-electron chi connectivity index (χ0n) is 13.6. The van der Waals surface area contributed by atoms with Gasteiger partial charge in [0.05, 0.1) is 18.2 Å². The molecule has 25 heavy (non-hydrogen) atoms. The van der Waals surface area contributed by atoms with Crippen molar-refractivity contribution in [2.24, 2.45) is 0 Å². The van der Waals surface area contributed by atoms with Crippen LogP contribution in [0.1, 0.15) is 22.1 Å². The van der Waals surface area contributed by atoms with Crippen LogP contribution >= 0.6 is 36.4 Å². The third kappa shape index (κ3) is 4.76. The molecule has 1 N–H and O–H groups in total. The van der Waals surface area contributed by atoms with Gasteiger partial charge in [0.15, 0.2) is 0 Å². The van der Waals surface area contributed by atoms with Crippen molar-refractivity contribution >= 4 is 42.3 Å². The molecule has 8 heteroatoms. The number of hydrogen-bond acceptors (Lipinski definition) is 4. The van der Waals surface area contributed by atoms with Gasteiger partial charge in [-0.1, -0.05) is 29.8 Å². The summed E-state index contributed by atoms with van der Waals surface area (Å²) in [7, 11) is 1.64. The number of benzene rings is 1. The third-order valence-corrected chi connectivity index (χ3v) is 4.17. The second-order valence-electron chi connectivity index (χ2n) is 5.32. The SMILES string of the molecule is COc1ccccc1C1CNCCN1C(=O)c1ccc(Cl)cn1.Cl.Cl. The summed E-state index contributed by atoms with van der Waals surface area (Å²) < 4.78 is 5.45. The van der Waals surface area contributed by atoms with Crippen molar-refractivity contribution in [2.45, 2.75) is 6.04 Å². The molecule has 0 bridgehead atoms. The minimum Gasteiger partial charge on any atom is -0.496 e. The van der Waals surface area contributed by atoms with Gasteiger partial charge in [0.25, 0.3) is 5.91 Å². The van der Waals surface area contributed by atoms with Gasteiger partial charge in [-0.3, -0.25) is 4.79 Å². The molecule has 1 unspecified atom stereocenters. The fourth-order valence-electron chi connectivity index (χ4n) is 2.82. The van der Waals surface area contributed by atoms with E-state index in [1.165, 1.54) is 6.20 Å². The van der Waals surface area contributed by atoms with Crippen molar-refractivity contribution in [3.63, 3.8) is 0 Å². The van der Waals surface area contributed by atoms with Gasteiger partial charge in [-0.15, -0.1) is 24.8 Å². The van der Waals surface area contributed by atoms with E-state index in [4.69, 9.17) is 16.3 Å². The van der Waals surface area contributed by atoms with Crippen LogP contribution in [0.5, 0.6) is 5.75 Å². The molecule has 0 radical (unpaired) electrons. The maximum Gasteiger partial charge on any atom is 0.273 e. The highest BCUT2D eigenvalue weighted by Crippen LogP contribution is 2.31. The van der Waals surface area contributed by atoms with Gasteiger partial charge in [-0.25, -0.2) is 4.98 Å². The second kappa shape index (κ2) is 9.82. The lowest BCUT2D eigenvalue weighted by Gasteiger charge is -2.36. The summed E-state index contributed by atoms with van der Waals surface area (Å²) in [6.45, 7) is 2.05. The van der Waals surface area contributed by atoms with E-state index in [0.29, 0.717) is 23.8 Å². The van der Waals surface area contributed by atoms with E-state index in [2.05, 4.69) is 10.3 Å². The van der Waals surface area contributed by atoms with E-state index in [-0.39, 0.29) is 36.8 Å². The van der Waals surface area contributed by atoms with Crippen LogP contribution in [0.3, 0.4) is 0 Å². The van der Waals surface area contributed by atoms with Gasteiger partial charge in [-0.2, -0.15) is 0 Å². The topological polar surface area (TPSA) is 54.5 Å². The average molecular weight is 405 g/mol. The second-order valence-corrected chi connectivity index (χ2v) is 5.76. The highest BCUT2D eigenvalue weighted by molar-refractivity contribution is 6.30. The van der Waals surface area contributed by atoms with Gasteiger partial charge in [-0.05, 0) is 18.2 Å². The molecule has 0 spiro atoms. The maximum absolute atomic E-state index is 12.8. The first kappa shape index (κ1) is 21.5. The highest BCUT2D eigenvalue weighted by atomic mass is 35.5. The fourth-order valence-corrected chi connectivity index (χ4v) is 2.93.